The first-order valence-corrected chi connectivity index (χ1v) is 8.26. The number of nitrogens with zero attached hydrogens (tertiary/aromatic N) is 2. The van der Waals surface area contributed by atoms with E-state index in [9.17, 15) is 9.90 Å². The van der Waals surface area contributed by atoms with E-state index in [1.807, 2.05) is 25.9 Å². The number of anilines is 1. The van der Waals surface area contributed by atoms with Crippen LogP contribution in [0.2, 0.25) is 0 Å². The highest BCUT2D eigenvalue weighted by atomic mass is 32.1. The van der Waals surface area contributed by atoms with Crippen LogP contribution in [0.5, 0.6) is 0 Å². The summed E-state index contributed by atoms with van der Waals surface area (Å²) in [5.74, 6) is -0.0860. The Morgan fingerprint density at radius 1 is 1.52 bits per heavy atom. The Labute approximate surface area is 130 Å². The van der Waals surface area contributed by atoms with Crippen LogP contribution >= 0.6 is 11.3 Å². The number of aryl methyl sites for hydroxylation is 1. The molecule has 0 bridgehead atoms. The van der Waals surface area contributed by atoms with Crippen molar-refractivity contribution in [3.05, 3.63) is 10.6 Å². The number of amides is 1. The molecule has 2 N–H and O–H groups in total. The normalized spacial score (nSPS) is 25.7. The maximum atomic E-state index is 12.4. The number of hydrogen-bond acceptors (Lipinski definition) is 5. The molecule has 1 heterocycles. The summed E-state index contributed by atoms with van der Waals surface area (Å²) in [4.78, 5) is 19.3. The summed E-state index contributed by atoms with van der Waals surface area (Å²) in [5, 5.41) is 14.0. The van der Waals surface area contributed by atoms with E-state index in [4.69, 9.17) is 0 Å². The third-order valence-electron chi connectivity index (χ3n) is 4.31. The summed E-state index contributed by atoms with van der Waals surface area (Å²) < 4.78 is 0. The molecule has 1 amide bonds. The Balaban J connectivity index is 2.01. The average Bonchev–Trinajstić information content (AvgIpc) is 2.82. The summed E-state index contributed by atoms with van der Waals surface area (Å²) >= 11 is 1.40. The number of hydrogen-bond donors (Lipinski definition) is 2. The van der Waals surface area contributed by atoms with Gasteiger partial charge in [0.15, 0.2) is 5.13 Å². The van der Waals surface area contributed by atoms with E-state index >= 15 is 0 Å². The van der Waals surface area contributed by atoms with Gasteiger partial charge in [-0.05, 0) is 19.8 Å². The van der Waals surface area contributed by atoms with Crippen molar-refractivity contribution < 1.29 is 9.90 Å². The Bertz CT molecular complexity index is 515. The summed E-state index contributed by atoms with van der Waals surface area (Å²) in [6.07, 6.45) is 3.65. The second kappa shape index (κ2) is 6.32. The molecule has 0 aromatic carbocycles. The predicted octanol–water partition coefficient (Wildman–Crippen LogP) is 2.19. The van der Waals surface area contributed by atoms with Gasteiger partial charge in [-0.3, -0.25) is 4.79 Å². The summed E-state index contributed by atoms with van der Waals surface area (Å²) in [5.41, 5.74) is 0.548. The van der Waals surface area contributed by atoms with Gasteiger partial charge >= 0.3 is 0 Å². The van der Waals surface area contributed by atoms with Crippen LogP contribution in [0, 0.1) is 12.3 Å². The van der Waals surface area contributed by atoms with Crippen molar-refractivity contribution in [1.82, 2.24) is 10.3 Å². The van der Waals surface area contributed by atoms with Gasteiger partial charge in [0.05, 0.1) is 11.8 Å². The minimum Gasteiger partial charge on any atom is -0.392 e. The molecule has 1 saturated carbocycles. The monoisotopic (exact) mass is 311 g/mol. The van der Waals surface area contributed by atoms with Crippen molar-refractivity contribution in [2.75, 3.05) is 25.5 Å². The van der Waals surface area contributed by atoms with Crippen molar-refractivity contribution in [2.45, 2.75) is 45.6 Å². The van der Waals surface area contributed by atoms with E-state index < -0.39 is 0 Å². The van der Waals surface area contributed by atoms with Gasteiger partial charge in [0.1, 0.15) is 4.88 Å². The van der Waals surface area contributed by atoms with Crippen LogP contribution in [-0.4, -0.2) is 42.7 Å². The first-order chi connectivity index (χ1) is 9.83. The quantitative estimate of drug-likeness (QED) is 0.894. The molecule has 2 rings (SSSR count). The number of aliphatic hydroxyl groups excluding tert-OH is 1. The molecule has 118 valence electrons. The zero-order valence-corrected chi connectivity index (χ0v) is 14.1. The van der Waals surface area contributed by atoms with Gasteiger partial charge in [-0.25, -0.2) is 4.98 Å². The third kappa shape index (κ3) is 3.55. The van der Waals surface area contributed by atoms with Crippen LogP contribution in [-0.2, 0) is 0 Å². The van der Waals surface area contributed by atoms with Crippen LogP contribution in [0.25, 0.3) is 0 Å². The first kappa shape index (κ1) is 16.2. The Hall–Kier alpha value is -1.14. The number of nitrogens with one attached hydrogen (secondary N) is 1. The van der Waals surface area contributed by atoms with Crippen LogP contribution < -0.4 is 10.2 Å². The molecule has 0 saturated heterocycles. The van der Waals surface area contributed by atoms with E-state index in [0.717, 1.165) is 36.5 Å². The molecular formula is C15H25N3O2S. The maximum absolute atomic E-state index is 12.4. The summed E-state index contributed by atoms with van der Waals surface area (Å²) in [7, 11) is 3.83. The molecule has 0 aliphatic heterocycles. The largest absolute Gasteiger partial charge is 0.392 e. The van der Waals surface area contributed by atoms with Gasteiger partial charge in [-0.15, -0.1) is 0 Å². The highest BCUT2D eigenvalue weighted by Gasteiger charge is 2.35. The number of carbonyl (C=O) groups excluding carboxylic acids is 1. The van der Waals surface area contributed by atoms with Crippen molar-refractivity contribution >= 4 is 22.4 Å². The Morgan fingerprint density at radius 3 is 2.81 bits per heavy atom. The minimum atomic E-state index is -0.327. The highest BCUT2D eigenvalue weighted by molar-refractivity contribution is 7.17. The molecule has 0 radical (unpaired) electrons. The van der Waals surface area contributed by atoms with Gasteiger partial charge in [-0.2, -0.15) is 0 Å². The lowest BCUT2D eigenvalue weighted by Gasteiger charge is -2.38. The van der Waals surface area contributed by atoms with Crippen molar-refractivity contribution in [1.29, 1.82) is 0 Å². The van der Waals surface area contributed by atoms with E-state index in [0.29, 0.717) is 11.4 Å². The molecule has 1 aliphatic rings. The lowest BCUT2D eigenvalue weighted by Crippen LogP contribution is -2.45. The zero-order chi connectivity index (χ0) is 15.6. The molecule has 1 fully saturated rings. The molecule has 2 unspecified atom stereocenters. The molecule has 5 nitrogen and oxygen atoms in total. The SMILES string of the molecule is Cc1nc(N(C)C)sc1C(=O)NCC1(C)CCCCC1O. The maximum Gasteiger partial charge on any atom is 0.263 e. The van der Waals surface area contributed by atoms with Gasteiger partial charge in [0, 0.05) is 26.1 Å². The number of rotatable bonds is 4. The van der Waals surface area contributed by atoms with Crippen molar-refractivity contribution in [2.24, 2.45) is 5.41 Å². The average molecular weight is 311 g/mol. The van der Waals surface area contributed by atoms with Crippen LogP contribution in [0.3, 0.4) is 0 Å². The van der Waals surface area contributed by atoms with Gasteiger partial charge in [-0.1, -0.05) is 31.1 Å². The molecule has 1 aromatic heterocycles. The fourth-order valence-electron chi connectivity index (χ4n) is 2.73. The molecule has 2 atom stereocenters. The lowest BCUT2D eigenvalue weighted by atomic mass is 9.73. The zero-order valence-electron chi connectivity index (χ0n) is 13.3. The van der Waals surface area contributed by atoms with Crippen LogP contribution in [0.4, 0.5) is 5.13 Å². The smallest absolute Gasteiger partial charge is 0.263 e. The fourth-order valence-corrected chi connectivity index (χ4v) is 3.64. The first-order valence-electron chi connectivity index (χ1n) is 7.44. The van der Waals surface area contributed by atoms with Crippen molar-refractivity contribution in [3.8, 4) is 0 Å². The summed E-state index contributed by atoms with van der Waals surface area (Å²) in [6.45, 7) is 4.43. The topological polar surface area (TPSA) is 65.5 Å². The lowest BCUT2D eigenvalue weighted by molar-refractivity contribution is 0.00193. The number of thiazole rings is 1. The van der Waals surface area contributed by atoms with E-state index in [2.05, 4.69) is 17.2 Å². The Kier molecular flexibility index (Phi) is 4.88. The van der Waals surface area contributed by atoms with Gasteiger partial charge in [0.2, 0.25) is 0 Å². The van der Waals surface area contributed by atoms with E-state index in [1.54, 1.807) is 0 Å². The molecule has 21 heavy (non-hydrogen) atoms. The number of aliphatic hydroxyl groups is 1. The number of carbonyl (C=O) groups is 1. The fraction of sp³-hybridized carbons (Fsp3) is 0.733. The Morgan fingerprint density at radius 2 is 2.24 bits per heavy atom. The second-order valence-corrected chi connectivity index (χ2v) is 7.38. The third-order valence-corrected chi connectivity index (χ3v) is 5.63. The molecule has 6 heteroatoms. The summed E-state index contributed by atoms with van der Waals surface area (Å²) in [6, 6.07) is 0. The molecular weight excluding hydrogens is 286 g/mol. The van der Waals surface area contributed by atoms with Gasteiger partial charge in [0.25, 0.3) is 5.91 Å². The molecule has 0 spiro atoms. The van der Waals surface area contributed by atoms with Gasteiger partial charge < -0.3 is 15.3 Å². The van der Waals surface area contributed by atoms with Crippen molar-refractivity contribution in [3.63, 3.8) is 0 Å². The highest BCUT2D eigenvalue weighted by Crippen LogP contribution is 2.35. The molecule has 1 aliphatic carbocycles. The predicted molar refractivity (Wildman–Crippen MR) is 86.1 cm³/mol. The van der Waals surface area contributed by atoms with Crippen LogP contribution in [0.1, 0.15) is 48.0 Å². The second-order valence-electron chi connectivity index (χ2n) is 6.40. The van der Waals surface area contributed by atoms with Crippen LogP contribution in [0.15, 0.2) is 0 Å². The molecule has 1 aromatic rings. The minimum absolute atomic E-state index is 0.0860. The van der Waals surface area contributed by atoms with E-state index in [1.165, 1.54) is 11.3 Å². The van der Waals surface area contributed by atoms with E-state index in [-0.39, 0.29) is 17.4 Å². The standard InChI is InChI=1S/C15H25N3O2S/c1-10-12(21-14(17-10)18(3)4)13(20)16-9-15(2)8-6-5-7-11(15)19/h11,19H,5-9H2,1-4H3,(H,16,20). The number of aromatic nitrogens is 1.